The molecule has 1 heterocycles. The van der Waals surface area contributed by atoms with E-state index in [1.165, 1.54) is 4.88 Å². The maximum atomic E-state index is 5.42. The lowest BCUT2D eigenvalue weighted by Crippen LogP contribution is -2.33. The first kappa shape index (κ1) is 13.6. The third kappa shape index (κ3) is 5.07. The summed E-state index contributed by atoms with van der Waals surface area (Å²) < 4.78 is 5.42. The molecule has 16 heavy (non-hydrogen) atoms. The van der Waals surface area contributed by atoms with Gasteiger partial charge in [0.05, 0.1) is 13.2 Å². The van der Waals surface area contributed by atoms with Crippen molar-refractivity contribution in [2.24, 2.45) is 5.73 Å². The molecule has 2 N–H and O–H groups in total. The summed E-state index contributed by atoms with van der Waals surface area (Å²) in [7, 11) is 0. The van der Waals surface area contributed by atoms with Gasteiger partial charge in [0.2, 0.25) is 0 Å². The predicted octanol–water partition coefficient (Wildman–Crippen LogP) is 1.93. The van der Waals surface area contributed by atoms with Crippen LogP contribution in [0.4, 0.5) is 0 Å². The molecule has 92 valence electrons. The van der Waals surface area contributed by atoms with Gasteiger partial charge in [0.15, 0.2) is 0 Å². The Bertz CT molecular complexity index is 262. The van der Waals surface area contributed by atoms with Crippen molar-refractivity contribution in [2.45, 2.75) is 26.4 Å². The molecule has 0 saturated heterocycles. The van der Waals surface area contributed by atoms with Crippen LogP contribution in [0.1, 0.15) is 18.7 Å². The third-order valence-corrected chi connectivity index (χ3v) is 3.32. The number of hydrogen-bond acceptors (Lipinski definition) is 4. The van der Waals surface area contributed by atoms with E-state index in [-0.39, 0.29) is 0 Å². The van der Waals surface area contributed by atoms with E-state index in [0.29, 0.717) is 19.2 Å². The van der Waals surface area contributed by atoms with Crippen molar-refractivity contribution in [3.8, 4) is 0 Å². The first-order chi connectivity index (χ1) is 7.74. The van der Waals surface area contributed by atoms with Crippen molar-refractivity contribution >= 4 is 11.3 Å². The Morgan fingerprint density at radius 2 is 2.25 bits per heavy atom. The maximum Gasteiger partial charge on any atom is 0.0594 e. The third-order valence-electron chi connectivity index (χ3n) is 2.45. The molecule has 0 amide bonds. The molecule has 1 aromatic rings. The molecule has 0 fully saturated rings. The molecule has 0 aromatic carbocycles. The van der Waals surface area contributed by atoms with E-state index in [1.807, 2.05) is 11.3 Å². The fourth-order valence-corrected chi connectivity index (χ4v) is 2.22. The second-order valence-corrected chi connectivity index (χ2v) is 5.08. The molecule has 0 aliphatic rings. The summed E-state index contributed by atoms with van der Waals surface area (Å²) in [5, 5.41) is 2.12. The highest BCUT2D eigenvalue weighted by Gasteiger charge is 2.10. The quantitative estimate of drug-likeness (QED) is 0.708. The number of thiophene rings is 1. The van der Waals surface area contributed by atoms with Gasteiger partial charge in [-0.15, -0.1) is 11.3 Å². The van der Waals surface area contributed by atoms with Gasteiger partial charge >= 0.3 is 0 Å². The van der Waals surface area contributed by atoms with Gasteiger partial charge in [-0.05, 0) is 25.3 Å². The normalized spacial score (nSPS) is 11.6. The lowest BCUT2D eigenvalue weighted by atomic mass is 10.3. The SMILES string of the molecule is CC(C)N(CCOCCN)Cc1cccs1. The van der Waals surface area contributed by atoms with Crippen LogP contribution in [0.15, 0.2) is 17.5 Å². The van der Waals surface area contributed by atoms with Gasteiger partial charge in [0, 0.05) is 30.6 Å². The molecule has 0 aliphatic heterocycles. The van der Waals surface area contributed by atoms with Crippen LogP contribution in [-0.2, 0) is 11.3 Å². The Labute approximate surface area is 102 Å². The van der Waals surface area contributed by atoms with Crippen LogP contribution in [0.2, 0.25) is 0 Å². The van der Waals surface area contributed by atoms with Crippen LogP contribution >= 0.6 is 11.3 Å². The van der Waals surface area contributed by atoms with E-state index in [1.54, 1.807) is 0 Å². The summed E-state index contributed by atoms with van der Waals surface area (Å²) in [6.45, 7) is 8.45. The summed E-state index contributed by atoms with van der Waals surface area (Å²) >= 11 is 1.81. The average molecular weight is 242 g/mol. The Kier molecular flexibility index (Phi) is 6.64. The minimum atomic E-state index is 0.545. The predicted molar refractivity (Wildman–Crippen MR) is 69.7 cm³/mol. The van der Waals surface area contributed by atoms with Crippen molar-refractivity contribution in [1.82, 2.24) is 4.90 Å². The van der Waals surface area contributed by atoms with Gasteiger partial charge in [0.1, 0.15) is 0 Å². The van der Waals surface area contributed by atoms with Gasteiger partial charge in [-0.25, -0.2) is 0 Å². The van der Waals surface area contributed by atoms with Crippen LogP contribution < -0.4 is 5.73 Å². The topological polar surface area (TPSA) is 38.5 Å². The summed E-state index contributed by atoms with van der Waals surface area (Å²) in [4.78, 5) is 3.83. The van der Waals surface area contributed by atoms with Gasteiger partial charge in [-0.2, -0.15) is 0 Å². The summed E-state index contributed by atoms with van der Waals surface area (Å²) in [6, 6.07) is 4.83. The zero-order valence-electron chi connectivity index (χ0n) is 10.2. The van der Waals surface area contributed by atoms with Crippen molar-refractivity contribution in [2.75, 3.05) is 26.3 Å². The molecule has 3 nitrogen and oxygen atoms in total. The molecular formula is C12H22N2OS. The largest absolute Gasteiger partial charge is 0.379 e. The second-order valence-electron chi connectivity index (χ2n) is 4.04. The smallest absolute Gasteiger partial charge is 0.0594 e. The molecule has 1 rings (SSSR count). The lowest BCUT2D eigenvalue weighted by Gasteiger charge is -2.25. The molecule has 1 aromatic heterocycles. The van der Waals surface area contributed by atoms with Crippen LogP contribution in [0.25, 0.3) is 0 Å². The number of nitrogens with zero attached hydrogens (tertiary/aromatic N) is 1. The standard InChI is InChI=1S/C12H22N2OS/c1-11(2)14(6-8-15-7-5-13)10-12-4-3-9-16-12/h3-4,9,11H,5-8,10,13H2,1-2H3. The van der Waals surface area contributed by atoms with E-state index < -0.39 is 0 Å². The molecular weight excluding hydrogens is 220 g/mol. The monoisotopic (exact) mass is 242 g/mol. The molecule has 0 spiro atoms. The first-order valence-corrected chi connectivity index (χ1v) is 6.66. The number of hydrogen-bond donors (Lipinski definition) is 1. The van der Waals surface area contributed by atoms with Gasteiger partial charge in [-0.3, -0.25) is 4.90 Å². The molecule has 0 aliphatic carbocycles. The molecule has 0 saturated carbocycles. The van der Waals surface area contributed by atoms with E-state index in [0.717, 1.165) is 19.7 Å². The van der Waals surface area contributed by atoms with Crippen molar-refractivity contribution < 1.29 is 4.74 Å². The average Bonchev–Trinajstić information content (AvgIpc) is 2.75. The first-order valence-electron chi connectivity index (χ1n) is 5.78. The van der Waals surface area contributed by atoms with Crippen LogP contribution in [-0.4, -0.2) is 37.2 Å². The van der Waals surface area contributed by atoms with E-state index >= 15 is 0 Å². The Hall–Kier alpha value is -0.420. The maximum absolute atomic E-state index is 5.42. The number of nitrogens with two attached hydrogens (primary N) is 1. The zero-order valence-corrected chi connectivity index (χ0v) is 11.0. The highest BCUT2D eigenvalue weighted by molar-refractivity contribution is 7.09. The minimum Gasteiger partial charge on any atom is -0.379 e. The number of ether oxygens (including phenoxy) is 1. The van der Waals surface area contributed by atoms with E-state index in [9.17, 15) is 0 Å². The summed E-state index contributed by atoms with van der Waals surface area (Å²) in [5.41, 5.74) is 5.38. The van der Waals surface area contributed by atoms with Crippen LogP contribution in [0.5, 0.6) is 0 Å². The molecule has 0 radical (unpaired) electrons. The Balaban J connectivity index is 2.30. The Morgan fingerprint density at radius 1 is 1.44 bits per heavy atom. The van der Waals surface area contributed by atoms with Crippen molar-refractivity contribution in [3.63, 3.8) is 0 Å². The highest BCUT2D eigenvalue weighted by Crippen LogP contribution is 2.13. The van der Waals surface area contributed by atoms with Crippen molar-refractivity contribution in [1.29, 1.82) is 0 Å². The van der Waals surface area contributed by atoms with Crippen LogP contribution in [0.3, 0.4) is 0 Å². The van der Waals surface area contributed by atoms with Crippen LogP contribution in [0, 0.1) is 0 Å². The Morgan fingerprint density at radius 3 is 2.81 bits per heavy atom. The second kappa shape index (κ2) is 7.79. The molecule has 0 unspecified atom stereocenters. The summed E-state index contributed by atoms with van der Waals surface area (Å²) in [6.07, 6.45) is 0. The minimum absolute atomic E-state index is 0.545. The van der Waals surface area contributed by atoms with E-state index in [4.69, 9.17) is 10.5 Å². The number of rotatable bonds is 8. The van der Waals surface area contributed by atoms with Crippen molar-refractivity contribution in [3.05, 3.63) is 22.4 Å². The zero-order chi connectivity index (χ0) is 11.8. The van der Waals surface area contributed by atoms with Gasteiger partial charge < -0.3 is 10.5 Å². The molecule has 0 bridgehead atoms. The highest BCUT2D eigenvalue weighted by atomic mass is 32.1. The van der Waals surface area contributed by atoms with E-state index in [2.05, 4.69) is 36.3 Å². The summed E-state index contributed by atoms with van der Waals surface area (Å²) in [5.74, 6) is 0. The fraction of sp³-hybridized carbons (Fsp3) is 0.667. The lowest BCUT2D eigenvalue weighted by molar-refractivity contribution is 0.0944. The van der Waals surface area contributed by atoms with Gasteiger partial charge in [0.25, 0.3) is 0 Å². The fourth-order valence-electron chi connectivity index (χ4n) is 1.49. The van der Waals surface area contributed by atoms with Gasteiger partial charge in [-0.1, -0.05) is 6.07 Å². The molecule has 0 atom stereocenters. The molecule has 4 heteroatoms.